The first-order chi connectivity index (χ1) is 21.3. The van der Waals surface area contributed by atoms with Crippen LogP contribution in [0, 0.1) is 34.4 Å². The number of carbonyl (C=O) groups is 1. The van der Waals surface area contributed by atoms with Crippen LogP contribution in [0.1, 0.15) is 42.9 Å². The quantitative estimate of drug-likeness (QED) is 0.347. The van der Waals surface area contributed by atoms with Crippen molar-refractivity contribution in [3.8, 4) is 29.1 Å². The number of anilines is 1. The van der Waals surface area contributed by atoms with Gasteiger partial charge in [0.05, 0.1) is 29.7 Å². The Balaban J connectivity index is 1.49. The van der Waals surface area contributed by atoms with E-state index in [1.807, 2.05) is 17.0 Å². The number of halogens is 1. The van der Waals surface area contributed by atoms with Crippen LogP contribution in [0.5, 0.6) is 5.88 Å². The molecule has 3 aliphatic rings. The minimum absolute atomic E-state index is 0.119. The van der Waals surface area contributed by atoms with E-state index in [0.29, 0.717) is 54.3 Å². The molecule has 3 aromatic rings. The van der Waals surface area contributed by atoms with E-state index in [0.717, 1.165) is 37.8 Å². The number of piperazine rings is 1. The number of rotatable bonds is 7. The number of nitriles is 2. The van der Waals surface area contributed by atoms with Gasteiger partial charge in [-0.05, 0) is 80.1 Å². The molecular formula is C35H37FN6O2. The summed E-state index contributed by atoms with van der Waals surface area (Å²) in [5.74, 6) is 0.100. The van der Waals surface area contributed by atoms with Gasteiger partial charge in [0.25, 0.3) is 0 Å². The number of likely N-dealkylation sites (tertiary alicyclic amines) is 1. The predicted molar refractivity (Wildman–Crippen MR) is 168 cm³/mol. The number of hydrogen-bond donors (Lipinski definition) is 0. The fraction of sp³-hybridized carbons (Fsp3) is 0.429. The van der Waals surface area contributed by atoms with E-state index < -0.39 is 6.04 Å². The summed E-state index contributed by atoms with van der Waals surface area (Å²) in [6.07, 6.45) is 5.33. The second-order valence-electron chi connectivity index (χ2n) is 12.3. The van der Waals surface area contributed by atoms with Crippen molar-refractivity contribution in [3.05, 3.63) is 65.5 Å². The number of hydrogen-bond acceptors (Lipinski definition) is 7. The van der Waals surface area contributed by atoms with Crippen molar-refractivity contribution in [2.24, 2.45) is 5.92 Å². The Labute approximate surface area is 257 Å². The summed E-state index contributed by atoms with van der Waals surface area (Å²) in [7, 11) is 2.07. The maximum Gasteiger partial charge on any atom is 0.246 e. The Kier molecular flexibility index (Phi) is 8.25. The Morgan fingerprint density at radius 1 is 1.18 bits per heavy atom. The van der Waals surface area contributed by atoms with Gasteiger partial charge >= 0.3 is 0 Å². The molecule has 226 valence electrons. The third-order valence-electron chi connectivity index (χ3n) is 9.48. The molecule has 0 spiro atoms. The van der Waals surface area contributed by atoms with Crippen molar-refractivity contribution in [3.63, 3.8) is 0 Å². The van der Waals surface area contributed by atoms with Crippen molar-refractivity contribution in [2.75, 3.05) is 44.7 Å². The van der Waals surface area contributed by atoms with Crippen LogP contribution in [0.2, 0.25) is 0 Å². The maximum atomic E-state index is 16.2. The Morgan fingerprint density at radius 3 is 2.75 bits per heavy atom. The van der Waals surface area contributed by atoms with Gasteiger partial charge in [0, 0.05) is 36.6 Å². The highest BCUT2D eigenvalue weighted by Gasteiger charge is 2.33. The number of amides is 1. The fourth-order valence-electron chi connectivity index (χ4n) is 7.21. The van der Waals surface area contributed by atoms with Crippen LogP contribution < -0.4 is 9.64 Å². The topological polar surface area (TPSA) is 96.5 Å². The molecule has 3 heterocycles. The van der Waals surface area contributed by atoms with Crippen LogP contribution >= 0.6 is 0 Å². The van der Waals surface area contributed by atoms with E-state index in [2.05, 4.69) is 43.7 Å². The summed E-state index contributed by atoms with van der Waals surface area (Å²) in [5.41, 5.74) is 5.09. The Morgan fingerprint density at radius 2 is 2.02 bits per heavy atom. The molecular weight excluding hydrogens is 555 g/mol. The first kappa shape index (κ1) is 29.6. The lowest BCUT2D eigenvalue weighted by atomic mass is 9.94. The first-order valence-corrected chi connectivity index (χ1v) is 15.4. The molecule has 9 heteroatoms. The second kappa shape index (κ2) is 12.3. The van der Waals surface area contributed by atoms with Crippen LogP contribution in [0.4, 0.5) is 10.1 Å². The van der Waals surface area contributed by atoms with Gasteiger partial charge in [-0.25, -0.2) is 9.37 Å². The molecule has 2 fully saturated rings. The Hall–Kier alpha value is -4.47. The molecule has 6 rings (SSSR count). The molecule has 44 heavy (non-hydrogen) atoms. The van der Waals surface area contributed by atoms with E-state index >= 15 is 4.39 Å². The van der Waals surface area contributed by atoms with Crippen molar-refractivity contribution >= 4 is 22.5 Å². The van der Waals surface area contributed by atoms with Crippen LogP contribution in [-0.4, -0.2) is 72.6 Å². The summed E-state index contributed by atoms with van der Waals surface area (Å²) in [6.45, 7) is 8.25. The lowest BCUT2D eigenvalue weighted by Crippen LogP contribution is -2.55. The minimum atomic E-state index is -0.413. The van der Waals surface area contributed by atoms with E-state index in [9.17, 15) is 15.3 Å². The molecule has 1 amide bonds. The lowest BCUT2D eigenvalue weighted by Gasteiger charge is -2.42. The molecule has 3 atom stereocenters. The first-order valence-electron chi connectivity index (χ1n) is 15.4. The number of carbonyl (C=O) groups excluding carboxylic acids is 1. The molecule has 8 nitrogen and oxygen atoms in total. The fourth-order valence-corrected chi connectivity index (χ4v) is 7.21. The SMILES string of the molecule is C=CC(=O)N1CCN(c2c(C#N)c(OC[C@@H]3CCCN3C)nc3cc(-c4cccc5c4CC(C)C5)c(F)cc23)C[C@@H]1CC#N. The molecule has 1 aliphatic carbocycles. The van der Waals surface area contributed by atoms with Gasteiger partial charge < -0.3 is 19.4 Å². The third kappa shape index (κ3) is 5.37. The van der Waals surface area contributed by atoms with Gasteiger partial charge in [0.1, 0.15) is 24.1 Å². The average molecular weight is 593 g/mol. The van der Waals surface area contributed by atoms with Crippen molar-refractivity contribution in [1.82, 2.24) is 14.8 Å². The summed E-state index contributed by atoms with van der Waals surface area (Å²) >= 11 is 0. The number of likely N-dealkylation sites (N-methyl/N-ethyl adjacent to an activating group) is 1. The second-order valence-corrected chi connectivity index (χ2v) is 12.3. The van der Waals surface area contributed by atoms with Crippen molar-refractivity contribution in [2.45, 2.75) is 51.1 Å². The summed E-state index contributed by atoms with van der Waals surface area (Å²) in [5, 5.41) is 20.5. The highest BCUT2D eigenvalue weighted by atomic mass is 19.1. The van der Waals surface area contributed by atoms with Gasteiger partial charge in [-0.3, -0.25) is 4.79 Å². The standard InChI is InChI=1S/C35H37FN6O2/c1-4-33(43)42-14-13-41(20-24(42)10-11-37)34-29-17-31(36)28(26-9-5-7-23-15-22(2)16-27(23)26)18-32(29)39-35(30(34)19-38)44-21-25-8-6-12-40(25)3/h4-5,7,9,17-18,22,24-25H,1,6,8,10,12-16,20-21H2,2-3H3/t22?,24-,25-/m0/s1. The number of benzene rings is 2. The normalized spacial score (nSPS) is 21.6. The molecule has 0 radical (unpaired) electrons. The van der Waals surface area contributed by atoms with Crippen LogP contribution in [0.15, 0.2) is 43.0 Å². The zero-order chi connectivity index (χ0) is 31.0. The van der Waals surface area contributed by atoms with E-state index in [-0.39, 0.29) is 35.6 Å². The molecule has 1 unspecified atom stereocenters. The van der Waals surface area contributed by atoms with Gasteiger partial charge in [-0.2, -0.15) is 10.5 Å². The average Bonchev–Trinajstić information content (AvgIpc) is 3.62. The molecule has 0 bridgehead atoms. The maximum absolute atomic E-state index is 16.2. The van der Waals surface area contributed by atoms with Crippen LogP contribution in [0.25, 0.3) is 22.0 Å². The summed E-state index contributed by atoms with van der Waals surface area (Å²) < 4.78 is 22.5. The van der Waals surface area contributed by atoms with Gasteiger partial charge in [-0.1, -0.05) is 31.7 Å². The molecule has 2 saturated heterocycles. The van der Waals surface area contributed by atoms with Gasteiger partial charge in [0.15, 0.2) is 0 Å². The zero-order valence-electron chi connectivity index (χ0n) is 25.4. The van der Waals surface area contributed by atoms with Crippen molar-refractivity contribution < 1.29 is 13.9 Å². The number of aromatic nitrogens is 1. The Bertz CT molecular complexity index is 1710. The van der Waals surface area contributed by atoms with Crippen molar-refractivity contribution in [1.29, 1.82) is 10.5 Å². The van der Waals surface area contributed by atoms with Crippen LogP contribution in [0.3, 0.4) is 0 Å². The molecule has 2 aliphatic heterocycles. The number of ether oxygens (including phenoxy) is 1. The third-order valence-corrected chi connectivity index (χ3v) is 9.48. The predicted octanol–water partition coefficient (Wildman–Crippen LogP) is 5.24. The largest absolute Gasteiger partial charge is 0.475 e. The van der Waals surface area contributed by atoms with Gasteiger partial charge in [-0.15, -0.1) is 0 Å². The minimum Gasteiger partial charge on any atom is -0.475 e. The summed E-state index contributed by atoms with van der Waals surface area (Å²) in [6, 6.07) is 13.7. The van der Waals surface area contributed by atoms with E-state index in [1.54, 1.807) is 11.0 Å². The zero-order valence-corrected chi connectivity index (χ0v) is 25.4. The highest BCUT2D eigenvalue weighted by molar-refractivity contribution is 5.98. The van der Waals surface area contributed by atoms with E-state index in [1.165, 1.54) is 23.3 Å². The van der Waals surface area contributed by atoms with Crippen LogP contribution in [-0.2, 0) is 17.6 Å². The van der Waals surface area contributed by atoms with E-state index in [4.69, 9.17) is 9.72 Å². The summed E-state index contributed by atoms with van der Waals surface area (Å²) in [4.78, 5) is 23.3. The molecule has 0 saturated carbocycles. The molecule has 2 aromatic carbocycles. The number of nitrogens with zero attached hydrogens (tertiary/aromatic N) is 6. The van der Waals surface area contributed by atoms with Gasteiger partial charge in [0.2, 0.25) is 11.8 Å². The smallest absolute Gasteiger partial charge is 0.246 e. The lowest BCUT2D eigenvalue weighted by molar-refractivity contribution is -0.128. The number of pyridine rings is 1. The number of fused-ring (bicyclic) bond motifs is 2. The molecule has 1 aromatic heterocycles. The molecule has 0 N–H and O–H groups in total. The monoisotopic (exact) mass is 592 g/mol. The highest BCUT2D eigenvalue weighted by Crippen LogP contribution is 2.41.